The van der Waals surface area contributed by atoms with E-state index in [-0.39, 0.29) is 12.1 Å². The third-order valence-corrected chi connectivity index (χ3v) is 5.29. The molecule has 0 spiro atoms. The normalized spacial score (nSPS) is 27.8. The third kappa shape index (κ3) is 2.07. The van der Waals surface area contributed by atoms with E-state index in [1.807, 2.05) is 36.2 Å². The molecule has 3 atom stereocenters. The standard InChI is InChI=1S/C16H17N3OS/c1-2-11-10-21-16-18-14(12-6-3-4-8-17-12)15(19(11)16)13-7-5-9-20-13/h3-9,11,14-15H,2,10H2,1H3. The van der Waals surface area contributed by atoms with Crippen molar-refractivity contribution in [3.8, 4) is 0 Å². The summed E-state index contributed by atoms with van der Waals surface area (Å²) in [5.74, 6) is 2.09. The minimum absolute atomic E-state index is 0.0224. The average Bonchev–Trinajstić information content (AvgIpc) is 3.23. The van der Waals surface area contributed by atoms with Gasteiger partial charge in [0.2, 0.25) is 0 Å². The Hall–Kier alpha value is -1.75. The van der Waals surface area contributed by atoms with Gasteiger partial charge in [0, 0.05) is 18.0 Å². The lowest BCUT2D eigenvalue weighted by Crippen LogP contribution is -2.35. The van der Waals surface area contributed by atoms with E-state index < -0.39 is 0 Å². The van der Waals surface area contributed by atoms with Crippen molar-refractivity contribution in [2.75, 3.05) is 5.75 Å². The Kier molecular flexibility index (Phi) is 3.22. The molecule has 3 unspecified atom stereocenters. The Labute approximate surface area is 128 Å². The number of pyridine rings is 1. The first-order valence-electron chi connectivity index (χ1n) is 7.31. The zero-order valence-electron chi connectivity index (χ0n) is 11.8. The van der Waals surface area contributed by atoms with E-state index in [2.05, 4.69) is 28.9 Å². The Morgan fingerprint density at radius 2 is 2.29 bits per heavy atom. The molecule has 0 N–H and O–H groups in total. The first-order chi connectivity index (χ1) is 10.4. The molecular weight excluding hydrogens is 282 g/mol. The summed E-state index contributed by atoms with van der Waals surface area (Å²) in [6.45, 7) is 2.24. The highest BCUT2D eigenvalue weighted by molar-refractivity contribution is 8.14. The monoisotopic (exact) mass is 299 g/mol. The van der Waals surface area contributed by atoms with Crippen molar-refractivity contribution in [1.82, 2.24) is 9.88 Å². The van der Waals surface area contributed by atoms with Gasteiger partial charge in [-0.1, -0.05) is 24.8 Å². The molecule has 0 bridgehead atoms. The number of aromatic nitrogens is 1. The molecule has 2 aromatic rings. The van der Waals surface area contributed by atoms with Crippen molar-refractivity contribution < 1.29 is 4.42 Å². The SMILES string of the molecule is CCC1CSC2=NC(c3ccccn3)C(c3ccco3)N21. The number of amidine groups is 1. The molecule has 2 aliphatic rings. The summed E-state index contributed by atoms with van der Waals surface area (Å²) in [5, 5.41) is 1.14. The van der Waals surface area contributed by atoms with Crippen molar-refractivity contribution in [2.24, 2.45) is 4.99 Å². The lowest BCUT2D eigenvalue weighted by atomic mass is 10.0. The molecular formula is C16H17N3OS. The number of hydrogen-bond acceptors (Lipinski definition) is 5. The summed E-state index contributed by atoms with van der Waals surface area (Å²) in [4.78, 5) is 11.9. The van der Waals surface area contributed by atoms with Gasteiger partial charge in [-0.05, 0) is 30.7 Å². The number of rotatable bonds is 3. The molecule has 1 fully saturated rings. The topological polar surface area (TPSA) is 41.6 Å². The maximum atomic E-state index is 5.72. The van der Waals surface area contributed by atoms with Crippen LogP contribution in [0.15, 0.2) is 52.2 Å². The molecule has 1 saturated heterocycles. The predicted molar refractivity (Wildman–Crippen MR) is 84.2 cm³/mol. The third-order valence-electron chi connectivity index (χ3n) is 4.16. The zero-order valence-corrected chi connectivity index (χ0v) is 12.7. The van der Waals surface area contributed by atoms with Gasteiger partial charge in [-0.2, -0.15) is 0 Å². The van der Waals surface area contributed by atoms with Crippen LogP contribution in [0.4, 0.5) is 0 Å². The van der Waals surface area contributed by atoms with E-state index in [0.29, 0.717) is 6.04 Å². The van der Waals surface area contributed by atoms with E-state index >= 15 is 0 Å². The highest BCUT2D eigenvalue weighted by Gasteiger charge is 2.46. The van der Waals surface area contributed by atoms with E-state index in [1.54, 1.807) is 6.26 Å². The number of thioether (sulfide) groups is 1. The molecule has 0 radical (unpaired) electrons. The summed E-state index contributed by atoms with van der Waals surface area (Å²) < 4.78 is 5.72. The second-order valence-electron chi connectivity index (χ2n) is 5.35. The maximum Gasteiger partial charge on any atom is 0.161 e. The zero-order chi connectivity index (χ0) is 14.2. The predicted octanol–water partition coefficient (Wildman–Crippen LogP) is 3.65. The summed E-state index contributed by atoms with van der Waals surface area (Å²) in [7, 11) is 0. The van der Waals surface area contributed by atoms with Crippen molar-refractivity contribution in [2.45, 2.75) is 31.5 Å². The molecule has 4 heterocycles. The summed E-state index contributed by atoms with van der Waals surface area (Å²) in [5.41, 5.74) is 1.01. The van der Waals surface area contributed by atoms with E-state index in [0.717, 1.165) is 28.8 Å². The molecule has 0 saturated carbocycles. The van der Waals surface area contributed by atoms with Crippen LogP contribution in [0, 0.1) is 0 Å². The van der Waals surface area contributed by atoms with Gasteiger partial charge < -0.3 is 9.32 Å². The lowest BCUT2D eigenvalue weighted by Gasteiger charge is -2.29. The van der Waals surface area contributed by atoms with Crippen LogP contribution in [0.1, 0.15) is 36.9 Å². The molecule has 0 aromatic carbocycles. The minimum atomic E-state index is 0.0224. The van der Waals surface area contributed by atoms with Crippen LogP contribution in [-0.2, 0) is 0 Å². The fourth-order valence-electron chi connectivity index (χ4n) is 3.12. The van der Waals surface area contributed by atoms with Gasteiger partial charge in [0.1, 0.15) is 17.8 Å². The Morgan fingerprint density at radius 3 is 3.00 bits per heavy atom. The van der Waals surface area contributed by atoms with Gasteiger partial charge in [-0.25, -0.2) is 4.99 Å². The Bertz CT molecular complexity index is 641. The van der Waals surface area contributed by atoms with Crippen molar-refractivity contribution >= 4 is 16.9 Å². The summed E-state index contributed by atoms with van der Waals surface area (Å²) >= 11 is 1.85. The van der Waals surface area contributed by atoms with Gasteiger partial charge in [0.15, 0.2) is 5.17 Å². The number of hydrogen-bond donors (Lipinski definition) is 0. The smallest absolute Gasteiger partial charge is 0.161 e. The lowest BCUT2D eigenvalue weighted by molar-refractivity contribution is 0.225. The molecule has 0 aliphatic carbocycles. The average molecular weight is 299 g/mol. The van der Waals surface area contributed by atoms with Crippen LogP contribution in [0.3, 0.4) is 0 Å². The van der Waals surface area contributed by atoms with E-state index in [4.69, 9.17) is 9.41 Å². The number of fused-ring (bicyclic) bond motifs is 1. The molecule has 2 aromatic heterocycles. The largest absolute Gasteiger partial charge is 0.467 e. The second-order valence-corrected chi connectivity index (χ2v) is 6.34. The van der Waals surface area contributed by atoms with Crippen LogP contribution < -0.4 is 0 Å². The molecule has 108 valence electrons. The first-order valence-corrected chi connectivity index (χ1v) is 8.30. The number of aliphatic imine (C=N–C) groups is 1. The molecule has 2 aliphatic heterocycles. The molecule has 0 amide bonds. The van der Waals surface area contributed by atoms with Crippen LogP contribution in [-0.4, -0.2) is 26.8 Å². The molecule has 4 nitrogen and oxygen atoms in total. The van der Waals surface area contributed by atoms with Crippen LogP contribution in [0.25, 0.3) is 0 Å². The highest BCUT2D eigenvalue weighted by Crippen LogP contribution is 2.48. The summed E-state index contributed by atoms with van der Waals surface area (Å²) in [6, 6.07) is 10.7. The Morgan fingerprint density at radius 1 is 1.33 bits per heavy atom. The maximum absolute atomic E-state index is 5.72. The quantitative estimate of drug-likeness (QED) is 0.867. The first kappa shape index (κ1) is 13.0. The van der Waals surface area contributed by atoms with Gasteiger partial charge in [0.25, 0.3) is 0 Å². The van der Waals surface area contributed by atoms with Crippen LogP contribution >= 0.6 is 11.8 Å². The minimum Gasteiger partial charge on any atom is -0.467 e. The van der Waals surface area contributed by atoms with Gasteiger partial charge >= 0.3 is 0 Å². The van der Waals surface area contributed by atoms with Gasteiger partial charge in [-0.3, -0.25) is 4.98 Å². The highest BCUT2D eigenvalue weighted by atomic mass is 32.2. The molecule has 21 heavy (non-hydrogen) atoms. The fraction of sp³-hybridized carbons (Fsp3) is 0.375. The molecule has 5 heteroatoms. The van der Waals surface area contributed by atoms with Crippen LogP contribution in [0.2, 0.25) is 0 Å². The fourth-order valence-corrected chi connectivity index (χ4v) is 4.46. The van der Waals surface area contributed by atoms with E-state index in [9.17, 15) is 0 Å². The second kappa shape index (κ2) is 5.22. The Balaban J connectivity index is 1.78. The number of nitrogens with zero attached hydrogens (tertiary/aromatic N) is 3. The summed E-state index contributed by atoms with van der Waals surface area (Å²) in [6.07, 6.45) is 4.70. The number of furan rings is 1. The molecule has 4 rings (SSSR count). The van der Waals surface area contributed by atoms with Crippen LogP contribution in [0.5, 0.6) is 0 Å². The van der Waals surface area contributed by atoms with Crippen molar-refractivity contribution in [3.63, 3.8) is 0 Å². The van der Waals surface area contributed by atoms with Gasteiger partial charge in [0.05, 0.1) is 12.0 Å². The van der Waals surface area contributed by atoms with Crippen molar-refractivity contribution in [3.05, 3.63) is 54.2 Å². The van der Waals surface area contributed by atoms with E-state index in [1.165, 1.54) is 0 Å². The van der Waals surface area contributed by atoms with Crippen molar-refractivity contribution in [1.29, 1.82) is 0 Å². The van der Waals surface area contributed by atoms with Gasteiger partial charge in [-0.15, -0.1) is 0 Å².